The average molecular weight is 420 g/mol. The summed E-state index contributed by atoms with van der Waals surface area (Å²) in [6.45, 7) is 7.19. The van der Waals surface area contributed by atoms with Crippen molar-refractivity contribution in [3.05, 3.63) is 69.2 Å². The van der Waals surface area contributed by atoms with Gasteiger partial charge in [0.2, 0.25) is 0 Å². The van der Waals surface area contributed by atoms with E-state index in [1.165, 1.54) is 5.57 Å². The number of hydrogen-bond donors (Lipinski definition) is 0. The van der Waals surface area contributed by atoms with E-state index in [9.17, 15) is 4.79 Å². The Labute approximate surface area is 175 Å². The summed E-state index contributed by atoms with van der Waals surface area (Å²) in [4.78, 5) is 13.7. The molecule has 0 aliphatic carbocycles. The normalized spacial score (nSPS) is 13.8. The molecule has 1 saturated heterocycles. The van der Waals surface area contributed by atoms with Gasteiger partial charge in [-0.15, -0.1) is 0 Å². The van der Waals surface area contributed by atoms with Gasteiger partial charge in [-0.1, -0.05) is 47.5 Å². The van der Waals surface area contributed by atoms with Gasteiger partial charge in [-0.2, -0.15) is 0 Å². The number of rotatable bonds is 4. The van der Waals surface area contributed by atoms with Crippen LogP contribution in [0.15, 0.2) is 48.0 Å². The zero-order valence-corrected chi connectivity index (χ0v) is 17.7. The van der Waals surface area contributed by atoms with Crippen LogP contribution in [-0.2, 0) is 11.3 Å². The maximum absolute atomic E-state index is 12.0. The minimum Gasteiger partial charge on any atom is -0.487 e. The Bertz CT molecular complexity index is 895. The first-order valence-electron chi connectivity index (χ1n) is 9.04. The summed E-state index contributed by atoms with van der Waals surface area (Å²) in [6.07, 6.45) is 1.83. The van der Waals surface area contributed by atoms with Crippen molar-refractivity contribution in [1.29, 1.82) is 0 Å². The molecule has 6 heteroatoms. The van der Waals surface area contributed by atoms with Gasteiger partial charge >= 0.3 is 6.09 Å². The molecule has 0 saturated carbocycles. The van der Waals surface area contributed by atoms with Crippen molar-refractivity contribution in [3.8, 4) is 5.75 Å². The molecular formula is C22H23Cl2NO3. The minimum absolute atomic E-state index is 0.272. The summed E-state index contributed by atoms with van der Waals surface area (Å²) in [6, 6.07) is 13.2. The van der Waals surface area contributed by atoms with Gasteiger partial charge in [-0.05, 0) is 61.7 Å². The number of carbonyl (C=O) groups excluding carboxylic acids is 1. The van der Waals surface area contributed by atoms with E-state index in [0.717, 1.165) is 11.1 Å². The molecule has 1 aliphatic heterocycles. The predicted molar refractivity (Wildman–Crippen MR) is 113 cm³/mol. The first-order valence-corrected chi connectivity index (χ1v) is 9.79. The number of likely N-dealkylation sites (tertiary alicyclic amines) is 1. The lowest BCUT2D eigenvalue weighted by Gasteiger charge is -2.35. The van der Waals surface area contributed by atoms with Crippen LogP contribution in [0.4, 0.5) is 4.79 Å². The van der Waals surface area contributed by atoms with Gasteiger partial charge in [0.15, 0.2) is 0 Å². The number of ether oxygens (including phenoxy) is 2. The monoisotopic (exact) mass is 419 g/mol. The highest BCUT2D eigenvalue weighted by Crippen LogP contribution is 2.28. The lowest BCUT2D eigenvalue weighted by molar-refractivity contribution is 0.0216. The second-order valence-corrected chi connectivity index (χ2v) is 8.59. The third-order valence-electron chi connectivity index (χ3n) is 4.05. The molecule has 2 aromatic carbocycles. The molecule has 0 atom stereocenters. The van der Waals surface area contributed by atoms with E-state index in [2.05, 4.69) is 12.1 Å². The van der Waals surface area contributed by atoms with Crippen LogP contribution in [-0.4, -0.2) is 29.7 Å². The van der Waals surface area contributed by atoms with Crippen molar-refractivity contribution in [1.82, 2.24) is 4.90 Å². The Hall–Kier alpha value is -2.17. The summed E-state index contributed by atoms with van der Waals surface area (Å²) < 4.78 is 11.2. The third-order valence-corrected chi connectivity index (χ3v) is 4.58. The number of nitrogens with zero attached hydrogens (tertiary/aromatic N) is 1. The van der Waals surface area contributed by atoms with Crippen LogP contribution in [0.2, 0.25) is 10.0 Å². The Morgan fingerprint density at radius 3 is 2.57 bits per heavy atom. The van der Waals surface area contributed by atoms with E-state index in [1.807, 2.05) is 39.0 Å². The Balaban J connectivity index is 1.57. The SMILES string of the molecule is CC(C)(C)OC(=O)N1CC(=Cc2cccc(COc3ccc(Cl)cc3Cl)c2)C1. The van der Waals surface area contributed by atoms with Crippen molar-refractivity contribution >= 4 is 35.4 Å². The summed E-state index contributed by atoms with van der Waals surface area (Å²) in [5, 5.41) is 1.06. The fraction of sp³-hybridized carbons (Fsp3) is 0.318. The molecule has 28 heavy (non-hydrogen) atoms. The fourth-order valence-electron chi connectivity index (χ4n) is 2.75. The molecule has 0 unspecified atom stereocenters. The van der Waals surface area contributed by atoms with E-state index in [-0.39, 0.29) is 6.09 Å². The van der Waals surface area contributed by atoms with E-state index in [0.29, 0.717) is 35.5 Å². The lowest BCUT2D eigenvalue weighted by Crippen LogP contribution is -2.46. The summed E-state index contributed by atoms with van der Waals surface area (Å²) in [7, 11) is 0. The zero-order chi connectivity index (χ0) is 20.3. The van der Waals surface area contributed by atoms with Gasteiger partial charge < -0.3 is 14.4 Å². The summed E-state index contributed by atoms with van der Waals surface area (Å²) >= 11 is 12.0. The van der Waals surface area contributed by atoms with Crippen LogP contribution in [0.1, 0.15) is 31.9 Å². The molecule has 0 radical (unpaired) electrons. The zero-order valence-electron chi connectivity index (χ0n) is 16.2. The van der Waals surface area contributed by atoms with Gasteiger partial charge in [0.1, 0.15) is 18.0 Å². The number of carbonyl (C=O) groups is 1. The second-order valence-electron chi connectivity index (χ2n) is 7.75. The maximum Gasteiger partial charge on any atom is 0.410 e. The second kappa shape index (κ2) is 8.46. The number of amides is 1. The number of halogens is 2. The highest BCUT2D eigenvalue weighted by molar-refractivity contribution is 6.35. The van der Waals surface area contributed by atoms with Crippen LogP contribution < -0.4 is 4.74 Å². The van der Waals surface area contributed by atoms with Crippen molar-refractivity contribution in [2.75, 3.05) is 13.1 Å². The van der Waals surface area contributed by atoms with Crippen LogP contribution in [0.3, 0.4) is 0 Å². The Morgan fingerprint density at radius 2 is 1.89 bits per heavy atom. The first-order chi connectivity index (χ1) is 13.2. The van der Waals surface area contributed by atoms with Crippen molar-refractivity contribution in [2.24, 2.45) is 0 Å². The first kappa shape index (κ1) is 20.6. The molecule has 148 valence electrons. The summed E-state index contributed by atoms with van der Waals surface area (Å²) in [5.74, 6) is 0.599. The van der Waals surface area contributed by atoms with Crippen molar-refractivity contribution < 1.29 is 14.3 Å². The van der Waals surface area contributed by atoms with E-state index >= 15 is 0 Å². The molecule has 0 N–H and O–H groups in total. The molecule has 0 spiro atoms. The molecule has 4 nitrogen and oxygen atoms in total. The molecular weight excluding hydrogens is 397 g/mol. The van der Waals surface area contributed by atoms with Crippen molar-refractivity contribution in [3.63, 3.8) is 0 Å². The molecule has 0 bridgehead atoms. The van der Waals surface area contributed by atoms with Gasteiger partial charge in [-0.3, -0.25) is 0 Å². The van der Waals surface area contributed by atoms with Crippen LogP contribution >= 0.6 is 23.2 Å². The highest BCUT2D eigenvalue weighted by atomic mass is 35.5. The summed E-state index contributed by atoms with van der Waals surface area (Å²) in [5.41, 5.74) is 2.81. The fourth-order valence-corrected chi connectivity index (χ4v) is 3.22. The quantitative estimate of drug-likeness (QED) is 0.591. The number of hydrogen-bond acceptors (Lipinski definition) is 3. The highest BCUT2D eigenvalue weighted by Gasteiger charge is 2.29. The molecule has 0 aromatic heterocycles. The van der Waals surface area contributed by atoms with E-state index in [1.54, 1.807) is 23.1 Å². The lowest BCUT2D eigenvalue weighted by atomic mass is 10.0. The van der Waals surface area contributed by atoms with Gasteiger partial charge in [0.25, 0.3) is 0 Å². The van der Waals surface area contributed by atoms with Gasteiger partial charge in [0.05, 0.1) is 5.02 Å². The molecule has 3 rings (SSSR count). The van der Waals surface area contributed by atoms with Crippen LogP contribution in [0, 0.1) is 0 Å². The largest absolute Gasteiger partial charge is 0.487 e. The third kappa shape index (κ3) is 5.66. The Morgan fingerprint density at radius 1 is 1.14 bits per heavy atom. The van der Waals surface area contributed by atoms with Gasteiger partial charge in [-0.25, -0.2) is 4.79 Å². The molecule has 1 heterocycles. The number of benzene rings is 2. The van der Waals surface area contributed by atoms with Crippen molar-refractivity contribution in [2.45, 2.75) is 33.0 Å². The molecule has 1 amide bonds. The predicted octanol–water partition coefficient (Wildman–Crippen LogP) is 6.21. The molecule has 1 aliphatic rings. The Kier molecular flexibility index (Phi) is 6.21. The maximum atomic E-state index is 12.0. The van der Waals surface area contributed by atoms with Crippen LogP contribution in [0.25, 0.3) is 6.08 Å². The standard InChI is InChI=1S/C22H23Cl2NO3/c1-22(2,3)28-21(26)25-12-17(13-25)10-15-5-4-6-16(9-15)14-27-20-8-7-18(23)11-19(20)24/h4-11H,12-14H2,1-3H3. The molecule has 2 aromatic rings. The topological polar surface area (TPSA) is 38.8 Å². The average Bonchev–Trinajstić information content (AvgIpc) is 2.55. The van der Waals surface area contributed by atoms with Crippen LogP contribution in [0.5, 0.6) is 5.75 Å². The van der Waals surface area contributed by atoms with E-state index in [4.69, 9.17) is 32.7 Å². The minimum atomic E-state index is -0.474. The molecule has 1 fully saturated rings. The van der Waals surface area contributed by atoms with E-state index < -0.39 is 5.60 Å². The smallest absolute Gasteiger partial charge is 0.410 e. The van der Waals surface area contributed by atoms with Gasteiger partial charge in [0, 0.05) is 18.1 Å².